The van der Waals surface area contributed by atoms with Crippen LogP contribution in [0.25, 0.3) is 5.82 Å². The fraction of sp³-hybridized carbons (Fsp3) is 0.516. The van der Waals surface area contributed by atoms with Gasteiger partial charge in [0, 0.05) is 30.9 Å². The average Bonchev–Trinajstić information content (AvgIpc) is 3.56. The predicted octanol–water partition coefficient (Wildman–Crippen LogP) is 5.91. The van der Waals surface area contributed by atoms with Gasteiger partial charge < -0.3 is 20.1 Å². The number of ether oxygens (including phenoxy) is 1. The summed E-state index contributed by atoms with van der Waals surface area (Å²) in [6.45, 7) is 4.71. The fourth-order valence-corrected chi connectivity index (χ4v) is 7.16. The number of alkyl halides is 3. The van der Waals surface area contributed by atoms with E-state index in [4.69, 9.17) is 16.3 Å². The third kappa shape index (κ3) is 8.55. The lowest BCUT2D eigenvalue weighted by Crippen LogP contribution is -2.41. The van der Waals surface area contributed by atoms with Crippen LogP contribution in [0.4, 0.5) is 23.8 Å². The zero-order valence-corrected chi connectivity index (χ0v) is 28.4. The van der Waals surface area contributed by atoms with Gasteiger partial charge in [0.25, 0.3) is 15.9 Å². The Labute approximate surface area is 286 Å². The summed E-state index contributed by atoms with van der Waals surface area (Å²) < 4.78 is 74.0. The molecule has 0 aromatic carbocycles. The van der Waals surface area contributed by atoms with Crippen molar-refractivity contribution in [2.24, 2.45) is 11.3 Å². The van der Waals surface area contributed by atoms with Crippen LogP contribution in [-0.2, 0) is 10.0 Å². The summed E-state index contributed by atoms with van der Waals surface area (Å²) in [4.78, 5) is 34.1. The largest absolute Gasteiger partial charge is 0.477 e. The van der Waals surface area contributed by atoms with E-state index in [0.29, 0.717) is 18.9 Å². The first-order valence-electron chi connectivity index (χ1n) is 15.7. The van der Waals surface area contributed by atoms with Gasteiger partial charge in [0.15, 0.2) is 10.8 Å². The van der Waals surface area contributed by atoms with E-state index in [9.17, 15) is 36.3 Å². The third-order valence-electron chi connectivity index (χ3n) is 8.93. The maximum absolute atomic E-state index is 13.1. The number of unbranched alkanes of at least 4 members (excludes halogenated alkanes) is 1. The average molecular weight is 728 g/mol. The third-order valence-corrected chi connectivity index (χ3v) is 10.4. The van der Waals surface area contributed by atoms with Gasteiger partial charge in [0.05, 0.1) is 17.6 Å². The van der Waals surface area contributed by atoms with E-state index < -0.39 is 33.6 Å². The van der Waals surface area contributed by atoms with E-state index in [-0.39, 0.29) is 64.8 Å². The van der Waals surface area contributed by atoms with Crippen molar-refractivity contribution in [1.29, 1.82) is 0 Å². The quantitative estimate of drug-likeness (QED) is 0.134. The fourth-order valence-electron chi connectivity index (χ4n) is 5.99. The number of hydrogen-bond donors (Lipinski definition) is 3. The van der Waals surface area contributed by atoms with E-state index in [1.54, 1.807) is 6.07 Å². The molecule has 2 amide bonds. The molecule has 13 nitrogen and oxygen atoms in total. The van der Waals surface area contributed by atoms with Crippen molar-refractivity contribution in [3.8, 4) is 11.7 Å². The second kappa shape index (κ2) is 14.0. The van der Waals surface area contributed by atoms with Gasteiger partial charge in [-0.05, 0) is 82.6 Å². The molecule has 0 bridgehead atoms. The Hall–Kier alpha value is -4.12. The van der Waals surface area contributed by atoms with Crippen molar-refractivity contribution in [2.45, 2.75) is 75.5 Å². The molecule has 1 atom stereocenters. The topological polar surface area (TPSA) is 169 Å². The molecule has 5 rings (SSSR count). The van der Waals surface area contributed by atoms with Crippen LogP contribution in [0.2, 0.25) is 5.15 Å². The Morgan fingerprint density at radius 3 is 2.53 bits per heavy atom. The van der Waals surface area contributed by atoms with Gasteiger partial charge in [-0.1, -0.05) is 24.1 Å². The minimum atomic E-state index is -4.39. The summed E-state index contributed by atoms with van der Waals surface area (Å²) in [6.07, 6.45) is -0.464. The molecule has 1 aliphatic carbocycles. The summed E-state index contributed by atoms with van der Waals surface area (Å²) in [5, 5.41) is 15.9. The Bertz CT molecular complexity index is 1800. The Morgan fingerprint density at radius 1 is 1.12 bits per heavy atom. The van der Waals surface area contributed by atoms with Crippen molar-refractivity contribution >= 4 is 39.4 Å². The van der Waals surface area contributed by atoms with Crippen LogP contribution in [0.5, 0.6) is 5.88 Å². The van der Waals surface area contributed by atoms with Gasteiger partial charge in [-0.25, -0.2) is 24.2 Å². The molecule has 18 heteroatoms. The number of nitrogens with zero attached hydrogens (tertiary/aromatic N) is 5. The smallest absolute Gasteiger partial charge is 0.407 e. The molecule has 0 radical (unpaired) electrons. The highest BCUT2D eigenvalue weighted by Gasteiger charge is 2.62. The van der Waals surface area contributed by atoms with Crippen LogP contribution in [0.1, 0.15) is 69.2 Å². The first kappa shape index (κ1) is 36.2. The van der Waals surface area contributed by atoms with Gasteiger partial charge in [0.2, 0.25) is 5.88 Å². The number of amides is 2. The van der Waals surface area contributed by atoms with E-state index in [1.807, 2.05) is 18.6 Å². The zero-order valence-electron chi connectivity index (χ0n) is 26.8. The molecule has 3 aromatic rings. The SMILES string of the molecule is CC1(C)CC(CCCCNc2cccc(S(=O)(=O)NC(=O)c3ccc(-n4ccc(OCCC5(C(F)(F)F)CC5)n4)nc3Cl)n2)CN1C(=O)O. The standard InChI is InChI=1S/C31H37ClF3N7O6S/c1-29(2)18-20(19-41(29)28(44)45)6-3-4-15-36-22-7-5-8-25(37-22)49(46,47)40-27(43)21-9-10-23(38-26(21)32)42-16-11-24(39-42)48-17-14-30(12-13-30)31(33,34)35/h5,7-11,16,20H,3-4,6,12-15,17-19H2,1-2H3,(H,36,37)(H,40,43)(H,44,45). The van der Waals surface area contributed by atoms with E-state index in [1.165, 1.54) is 46.1 Å². The number of anilines is 1. The molecule has 2 fully saturated rings. The number of hydrogen-bond acceptors (Lipinski definition) is 9. The lowest BCUT2D eigenvalue weighted by atomic mass is 9.93. The molecule has 0 spiro atoms. The van der Waals surface area contributed by atoms with E-state index in [2.05, 4.69) is 20.4 Å². The van der Waals surface area contributed by atoms with E-state index in [0.717, 1.165) is 25.7 Å². The van der Waals surface area contributed by atoms with Crippen LogP contribution in [0.15, 0.2) is 47.6 Å². The first-order valence-corrected chi connectivity index (χ1v) is 17.6. The van der Waals surface area contributed by atoms with Gasteiger partial charge in [0.1, 0.15) is 11.0 Å². The number of sulfonamides is 1. The first-order chi connectivity index (χ1) is 23.0. The number of nitrogens with one attached hydrogen (secondary N) is 2. The Morgan fingerprint density at radius 2 is 1.88 bits per heavy atom. The lowest BCUT2D eigenvalue weighted by Gasteiger charge is -2.28. The monoisotopic (exact) mass is 727 g/mol. The molecular weight excluding hydrogens is 691 g/mol. The van der Waals surface area contributed by atoms with Crippen LogP contribution in [0, 0.1) is 11.3 Å². The zero-order chi connectivity index (χ0) is 35.6. The summed E-state index contributed by atoms with van der Waals surface area (Å²) in [6, 6.07) is 8.40. The maximum Gasteiger partial charge on any atom is 0.407 e. The number of carbonyl (C=O) groups is 2. The summed E-state index contributed by atoms with van der Waals surface area (Å²) >= 11 is 6.22. The molecule has 4 heterocycles. The Kier molecular flexibility index (Phi) is 10.3. The molecular formula is C31H37ClF3N7O6S. The number of carboxylic acid groups (broad SMARTS) is 1. The second-order valence-electron chi connectivity index (χ2n) is 13.0. The van der Waals surface area contributed by atoms with Gasteiger partial charge >= 0.3 is 12.3 Å². The number of carbonyl (C=O) groups excluding carboxylic acids is 1. The normalized spacial score (nSPS) is 18.2. The van der Waals surface area contributed by atoms with Crippen LogP contribution >= 0.6 is 11.6 Å². The molecule has 3 N–H and O–H groups in total. The summed E-state index contributed by atoms with van der Waals surface area (Å²) in [7, 11) is -4.39. The predicted molar refractivity (Wildman–Crippen MR) is 172 cm³/mol. The number of rotatable bonds is 14. The molecule has 266 valence electrons. The van der Waals surface area contributed by atoms with E-state index >= 15 is 0 Å². The summed E-state index contributed by atoms with van der Waals surface area (Å²) in [5.41, 5.74) is -2.31. The van der Waals surface area contributed by atoms with Crippen molar-refractivity contribution in [3.63, 3.8) is 0 Å². The highest BCUT2D eigenvalue weighted by atomic mass is 35.5. The lowest BCUT2D eigenvalue weighted by molar-refractivity contribution is -0.190. The Balaban J connectivity index is 1.11. The van der Waals surface area contributed by atoms with Crippen LogP contribution in [-0.4, -0.2) is 81.6 Å². The molecule has 49 heavy (non-hydrogen) atoms. The van der Waals surface area contributed by atoms with Gasteiger partial charge in [-0.15, -0.1) is 5.10 Å². The highest BCUT2D eigenvalue weighted by Crippen LogP contribution is 2.59. The molecule has 2 aliphatic rings. The number of likely N-dealkylation sites (tertiary alicyclic amines) is 1. The molecule has 1 aliphatic heterocycles. The second-order valence-corrected chi connectivity index (χ2v) is 15.0. The van der Waals surface area contributed by atoms with Crippen molar-refractivity contribution in [1.82, 2.24) is 29.4 Å². The number of pyridine rings is 2. The van der Waals surface area contributed by atoms with Gasteiger partial charge in [-0.3, -0.25) is 4.79 Å². The molecule has 1 unspecified atom stereocenters. The maximum atomic E-state index is 13.1. The molecule has 3 aromatic heterocycles. The number of halogens is 4. The molecule has 1 saturated heterocycles. The van der Waals surface area contributed by atoms with Crippen LogP contribution in [0.3, 0.4) is 0 Å². The minimum Gasteiger partial charge on any atom is -0.477 e. The van der Waals surface area contributed by atoms with Crippen molar-refractivity contribution in [2.75, 3.05) is 25.0 Å². The van der Waals surface area contributed by atoms with Crippen molar-refractivity contribution < 1.29 is 41.0 Å². The summed E-state index contributed by atoms with van der Waals surface area (Å²) in [5.74, 6) is -0.225. The highest BCUT2D eigenvalue weighted by molar-refractivity contribution is 7.90. The minimum absolute atomic E-state index is 0.0790. The van der Waals surface area contributed by atoms with Crippen LogP contribution < -0.4 is 14.8 Å². The van der Waals surface area contributed by atoms with Gasteiger partial charge in [-0.2, -0.15) is 21.6 Å². The van der Waals surface area contributed by atoms with Crippen molar-refractivity contribution in [3.05, 3.63) is 53.3 Å². The molecule has 1 saturated carbocycles. The number of aromatic nitrogens is 4.